The molecule has 0 spiro atoms. The number of nitrogens with zero attached hydrogens (tertiary/aromatic N) is 4. The van der Waals surface area contributed by atoms with Gasteiger partial charge in [0.2, 0.25) is 5.91 Å². The lowest BCUT2D eigenvalue weighted by molar-refractivity contribution is -0.127. The first-order valence-electron chi connectivity index (χ1n) is 8.20. The van der Waals surface area contributed by atoms with Crippen LogP contribution < -0.4 is 10.6 Å². The van der Waals surface area contributed by atoms with E-state index < -0.39 is 0 Å². The number of guanidine groups is 1. The second-order valence-electron chi connectivity index (χ2n) is 5.54. The van der Waals surface area contributed by atoms with Crippen LogP contribution >= 0.6 is 0 Å². The van der Waals surface area contributed by atoms with Crippen molar-refractivity contribution >= 4 is 11.9 Å². The van der Waals surface area contributed by atoms with E-state index in [0.29, 0.717) is 12.5 Å². The van der Waals surface area contributed by atoms with Gasteiger partial charge in [-0.3, -0.25) is 9.48 Å². The van der Waals surface area contributed by atoms with Crippen molar-refractivity contribution in [1.82, 2.24) is 25.3 Å². The van der Waals surface area contributed by atoms with Gasteiger partial charge in [0.1, 0.15) is 0 Å². The minimum atomic E-state index is 0.0143. The highest BCUT2D eigenvalue weighted by atomic mass is 16.2. The van der Waals surface area contributed by atoms with Gasteiger partial charge >= 0.3 is 0 Å². The summed E-state index contributed by atoms with van der Waals surface area (Å²) in [7, 11) is 5.46. The van der Waals surface area contributed by atoms with Gasteiger partial charge < -0.3 is 15.5 Å². The van der Waals surface area contributed by atoms with Crippen LogP contribution in [-0.2, 0) is 31.2 Å². The third kappa shape index (κ3) is 5.26. The Bertz CT molecular complexity index is 547. The molecule has 0 atom stereocenters. The molecular formula is C16H30N6O. The Labute approximate surface area is 139 Å². The maximum Gasteiger partial charge on any atom is 0.241 e. The number of carbonyl (C=O) groups is 1. The molecule has 0 saturated carbocycles. The van der Waals surface area contributed by atoms with Crippen LogP contribution in [0.2, 0.25) is 0 Å². The summed E-state index contributed by atoms with van der Waals surface area (Å²) in [5, 5.41) is 10.8. The summed E-state index contributed by atoms with van der Waals surface area (Å²) in [6.45, 7) is 7.77. The van der Waals surface area contributed by atoms with E-state index in [2.05, 4.69) is 34.6 Å². The van der Waals surface area contributed by atoms with Gasteiger partial charge in [-0.05, 0) is 19.8 Å². The number of aryl methyl sites for hydroxylation is 2. The van der Waals surface area contributed by atoms with Crippen LogP contribution in [0, 0.1) is 0 Å². The van der Waals surface area contributed by atoms with E-state index in [1.54, 1.807) is 19.0 Å². The number of hydrogen-bond donors (Lipinski definition) is 2. The average Bonchev–Trinajstić information content (AvgIpc) is 2.84. The molecule has 23 heavy (non-hydrogen) atoms. The maximum absolute atomic E-state index is 11.7. The van der Waals surface area contributed by atoms with Crippen LogP contribution in [-0.4, -0.2) is 53.7 Å². The molecule has 0 bridgehead atoms. The molecule has 0 aliphatic heterocycles. The van der Waals surface area contributed by atoms with Gasteiger partial charge in [0.15, 0.2) is 5.96 Å². The summed E-state index contributed by atoms with van der Waals surface area (Å²) < 4.78 is 1.94. The van der Waals surface area contributed by atoms with Crippen LogP contribution in [0.3, 0.4) is 0 Å². The van der Waals surface area contributed by atoms with Crippen LogP contribution in [0.4, 0.5) is 0 Å². The molecule has 0 aliphatic rings. The summed E-state index contributed by atoms with van der Waals surface area (Å²) in [6, 6.07) is 0. The molecule has 1 heterocycles. The number of amides is 1. The summed E-state index contributed by atoms with van der Waals surface area (Å²) in [6.07, 6.45) is 1.82. The highest BCUT2D eigenvalue weighted by molar-refractivity contribution is 5.86. The number of rotatable bonds is 7. The number of hydrogen-bond acceptors (Lipinski definition) is 3. The second-order valence-corrected chi connectivity index (χ2v) is 5.54. The van der Waals surface area contributed by atoms with E-state index in [-0.39, 0.29) is 12.5 Å². The van der Waals surface area contributed by atoms with Crippen molar-refractivity contribution < 1.29 is 4.79 Å². The van der Waals surface area contributed by atoms with Gasteiger partial charge in [-0.25, -0.2) is 4.99 Å². The van der Waals surface area contributed by atoms with Crippen molar-refractivity contribution in [1.29, 1.82) is 0 Å². The van der Waals surface area contributed by atoms with E-state index in [9.17, 15) is 4.79 Å². The molecule has 1 amide bonds. The molecule has 1 aromatic rings. The highest BCUT2D eigenvalue weighted by Crippen LogP contribution is 2.16. The number of carbonyl (C=O) groups excluding carboxylic acids is 1. The maximum atomic E-state index is 11.7. The average molecular weight is 322 g/mol. The fourth-order valence-corrected chi connectivity index (χ4v) is 2.39. The molecule has 0 fully saturated rings. The fourth-order valence-electron chi connectivity index (χ4n) is 2.39. The number of aliphatic imine (C=N–C) groups is 1. The van der Waals surface area contributed by atoms with Crippen molar-refractivity contribution in [3.05, 3.63) is 17.0 Å². The molecule has 2 N–H and O–H groups in total. The highest BCUT2D eigenvalue weighted by Gasteiger charge is 2.13. The first-order valence-corrected chi connectivity index (χ1v) is 8.20. The van der Waals surface area contributed by atoms with Gasteiger partial charge in [-0.2, -0.15) is 5.10 Å². The zero-order valence-electron chi connectivity index (χ0n) is 15.2. The van der Waals surface area contributed by atoms with Crippen molar-refractivity contribution in [3.8, 4) is 0 Å². The molecule has 7 heteroatoms. The zero-order chi connectivity index (χ0) is 17.4. The van der Waals surface area contributed by atoms with E-state index in [1.807, 2.05) is 18.7 Å². The van der Waals surface area contributed by atoms with Gasteiger partial charge in [0.05, 0.1) is 18.8 Å². The molecule has 0 radical (unpaired) electrons. The Morgan fingerprint density at radius 1 is 1.22 bits per heavy atom. The standard InChI is InChI=1S/C16H30N6O/c1-7-13-12(14(8-2)22(6)20-13)10-18-16(17-9-3)19-11-15(23)21(4)5/h7-11H2,1-6H3,(H2,17,18,19). The number of aromatic nitrogens is 2. The minimum Gasteiger partial charge on any atom is -0.357 e. The van der Waals surface area contributed by atoms with Crippen molar-refractivity contribution in [2.45, 2.75) is 40.2 Å². The number of nitrogens with one attached hydrogen (secondary N) is 2. The minimum absolute atomic E-state index is 0.0143. The largest absolute Gasteiger partial charge is 0.357 e. The Kier molecular flexibility index (Phi) is 7.57. The molecule has 0 saturated heterocycles. The van der Waals surface area contributed by atoms with E-state index >= 15 is 0 Å². The Morgan fingerprint density at radius 2 is 1.91 bits per heavy atom. The van der Waals surface area contributed by atoms with Crippen molar-refractivity contribution in [2.75, 3.05) is 27.2 Å². The third-order valence-electron chi connectivity index (χ3n) is 3.67. The first-order chi connectivity index (χ1) is 10.9. The molecule has 1 rings (SSSR count). The monoisotopic (exact) mass is 322 g/mol. The Morgan fingerprint density at radius 3 is 2.43 bits per heavy atom. The van der Waals surface area contributed by atoms with Crippen molar-refractivity contribution in [3.63, 3.8) is 0 Å². The summed E-state index contributed by atoms with van der Waals surface area (Å²) in [4.78, 5) is 17.9. The van der Waals surface area contributed by atoms with Crippen molar-refractivity contribution in [2.24, 2.45) is 12.0 Å². The van der Waals surface area contributed by atoms with Crippen LogP contribution in [0.25, 0.3) is 0 Å². The molecular weight excluding hydrogens is 292 g/mol. The normalized spacial score (nSPS) is 11.5. The predicted octanol–water partition coefficient (Wildman–Crippen LogP) is 0.688. The van der Waals surface area contributed by atoms with Gasteiger partial charge in [-0.1, -0.05) is 13.8 Å². The topological polar surface area (TPSA) is 74.5 Å². The van der Waals surface area contributed by atoms with Gasteiger partial charge in [0, 0.05) is 38.9 Å². The summed E-state index contributed by atoms with van der Waals surface area (Å²) in [5.41, 5.74) is 3.49. The van der Waals surface area contributed by atoms with Gasteiger partial charge in [-0.15, -0.1) is 0 Å². The molecule has 0 unspecified atom stereocenters. The van der Waals surface area contributed by atoms with E-state index in [1.165, 1.54) is 11.3 Å². The lowest BCUT2D eigenvalue weighted by Crippen LogP contribution is -2.42. The molecule has 7 nitrogen and oxygen atoms in total. The smallest absolute Gasteiger partial charge is 0.241 e. The van der Waals surface area contributed by atoms with E-state index in [4.69, 9.17) is 0 Å². The first kappa shape index (κ1) is 19.0. The molecule has 0 aliphatic carbocycles. The lowest BCUT2D eigenvalue weighted by Gasteiger charge is -2.14. The second kappa shape index (κ2) is 9.17. The van der Waals surface area contributed by atoms with Crippen LogP contribution in [0.15, 0.2) is 4.99 Å². The fraction of sp³-hybridized carbons (Fsp3) is 0.688. The van der Waals surface area contributed by atoms with Crippen LogP contribution in [0.1, 0.15) is 37.7 Å². The Balaban J connectivity index is 2.87. The lowest BCUT2D eigenvalue weighted by atomic mass is 10.1. The third-order valence-corrected chi connectivity index (χ3v) is 3.67. The van der Waals surface area contributed by atoms with Crippen LogP contribution in [0.5, 0.6) is 0 Å². The predicted molar refractivity (Wildman–Crippen MR) is 93.5 cm³/mol. The summed E-state index contributed by atoms with van der Waals surface area (Å²) in [5.74, 6) is 0.663. The quantitative estimate of drug-likeness (QED) is 0.572. The zero-order valence-corrected chi connectivity index (χ0v) is 15.2. The number of likely N-dealkylation sites (N-methyl/N-ethyl adjacent to an activating group) is 1. The molecule has 130 valence electrons. The van der Waals surface area contributed by atoms with E-state index in [0.717, 1.165) is 25.1 Å². The van der Waals surface area contributed by atoms with Gasteiger partial charge in [0.25, 0.3) is 0 Å². The SMILES string of the molecule is CCNC(=NCc1c(CC)nn(C)c1CC)NCC(=O)N(C)C. The Hall–Kier alpha value is -2.05. The summed E-state index contributed by atoms with van der Waals surface area (Å²) >= 11 is 0. The molecule has 1 aromatic heterocycles. The molecule has 0 aromatic carbocycles.